The summed E-state index contributed by atoms with van der Waals surface area (Å²) >= 11 is 3.88. The van der Waals surface area contributed by atoms with Crippen LogP contribution in [-0.2, 0) is 10.0 Å². The van der Waals surface area contributed by atoms with E-state index in [1.165, 1.54) is 27.6 Å². The number of sulfonamides is 1. The lowest BCUT2D eigenvalue weighted by molar-refractivity contribution is 0.0921. The summed E-state index contributed by atoms with van der Waals surface area (Å²) in [5.74, 6) is 2.22. The molecule has 1 amide bonds. The maximum Gasteiger partial charge on any atom is 0.251 e. The van der Waals surface area contributed by atoms with Gasteiger partial charge in [-0.25, -0.2) is 12.7 Å². The van der Waals surface area contributed by atoms with Gasteiger partial charge in [-0.2, -0.15) is 0 Å². The van der Waals surface area contributed by atoms with Crippen LogP contribution in [0, 0.1) is 0 Å². The molecule has 0 radical (unpaired) electrons. The summed E-state index contributed by atoms with van der Waals surface area (Å²) in [5.41, 5.74) is 1.88. The van der Waals surface area contributed by atoms with Crippen molar-refractivity contribution in [2.24, 2.45) is 0 Å². The molecule has 0 saturated carbocycles. The van der Waals surface area contributed by atoms with Crippen molar-refractivity contribution < 1.29 is 13.2 Å². The van der Waals surface area contributed by atoms with Crippen LogP contribution in [0.15, 0.2) is 24.3 Å². The van der Waals surface area contributed by atoms with Crippen LogP contribution in [0.1, 0.15) is 33.3 Å². The van der Waals surface area contributed by atoms with Gasteiger partial charge >= 0.3 is 0 Å². The second-order valence-electron chi connectivity index (χ2n) is 6.13. The second-order valence-corrected chi connectivity index (χ2v) is 10.8. The molecule has 8 heteroatoms. The summed E-state index contributed by atoms with van der Waals surface area (Å²) < 4.78 is 25.2. The third kappa shape index (κ3) is 4.47. The van der Waals surface area contributed by atoms with E-state index < -0.39 is 10.0 Å². The van der Waals surface area contributed by atoms with Crippen molar-refractivity contribution >= 4 is 39.5 Å². The Balaban J connectivity index is 1.60. The normalized spacial score (nSPS) is 23.3. The predicted octanol–water partition coefficient (Wildman–Crippen LogP) is 2.32. The molecule has 1 aromatic rings. The number of rotatable bonds is 4. The first-order valence-electron chi connectivity index (χ1n) is 8.02. The SMILES string of the molecule is CS(=O)(=O)N1CCC[C@H](NC(=O)c2ccc(C3SCCS3)cc2)C1. The number of hydrogen-bond acceptors (Lipinski definition) is 5. The van der Waals surface area contributed by atoms with Crippen LogP contribution in [0.2, 0.25) is 0 Å². The third-order valence-corrected chi connectivity index (χ3v) is 8.63. The van der Waals surface area contributed by atoms with E-state index >= 15 is 0 Å². The summed E-state index contributed by atoms with van der Waals surface area (Å²) in [7, 11) is -3.20. The highest BCUT2D eigenvalue weighted by Crippen LogP contribution is 2.45. The minimum absolute atomic E-state index is 0.124. The Hall–Kier alpha value is -0.700. The highest BCUT2D eigenvalue weighted by Gasteiger charge is 2.27. The van der Waals surface area contributed by atoms with E-state index in [4.69, 9.17) is 0 Å². The van der Waals surface area contributed by atoms with E-state index in [1.54, 1.807) is 0 Å². The van der Waals surface area contributed by atoms with Crippen LogP contribution in [0.3, 0.4) is 0 Å². The maximum atomic E-state index is 12.4. The molecule has 1 N–H and O–H groups in total. The number of amides is 1. The number of nitrogens with zero attached hydrogens (tertiary/aromatic N) is 1. The zero-order valence-corrected chi connectivity index (χ0v) is 16.1. The molecule has 1 aromatic carbocycles. The van der Waals surface area contributed by atoms with E-state index in [0.29, 0.717) is 23.2 Å². The number of benzene rings is 1. The Morgan fingerprint density at radius 2 is 1.88 bits per heavy atom. The molecule has 0 aromatic heterocycles. The van der Waals surface area contributed by atoms with Crippen molar-refractivity contribution in [1.82, 2.24) is 9.62 Å². The van der Waals surface area contributed by atoms with Crippen LogP contribution < -0.4 is 5.32 Å². The number of thioether (sulfide) groups is 2. The van der Waals surface area contributed by atoms with Crippen molar-refractivity contribution in [3.63, 3.8) is 0 Å². The number of carbonyl (C=O) groups is 1. The summed E-state index contributed by atoms with van der Waals surface area (Å²) in [5, 5.41) is 2.97. The molecule has 2 aliphatic heterocycles. The average Bonchev–Trinajstić information content (AvgIpc) is 3.09. The fourth-order valence-electron chi connectivity index (χ4n) is 2.97. The first kappa shape index (κ1) is 18.1. The second kappa shape index (κ2) is 7.68. The Morgan fingerprint density at radius 3 is 2.50 bits per heavy atom. The van der Waals surface area contributed by atoms with Gasteiger partial charge in [-0.15, -0.1) is 23.5 Å². The number of nitrogens with one attached hydrogen (secondary N) is 1. The largest absolute Gasteiger partial charge is 0.348 e. The summed E-state index contributed by atoms with van der Waals surface area (Å²) in [6.45, 7) is 0.897. The standard InChI is InChI=1S/C16H22N2O3S3/c1-24(20,21)18-8-2-3-14(11-18)17-15(19)12-4-6-13(7-5-12)16-22-9-10-23-16/h4-7,14,16H,2-3,8-11H2,1H3,(H,17,19)/t14-/m0/s1. The zero-order chi connectivity index (χ0) is 17.2. The van der Waals surface area contributed by atoms with Gasteiger partial charge in [-0.05, 0) is 30.5 Å². The molecule has 24 heavy (non-hydrogen) atoms. The van der Waals surface area contributed by atoms with Crippen molar-refractivity contribution in [2.75, 3.05) is 30.9 Å². The lowest BCUT2D eigenvalue weighted by atomic mass is 10.1. The zero-order valence-electron chi connectivity index (χ0n) is 13.6. The van der Waals surface area contributed by atoms with Gasteiger partial charge in [0, 0.05) is 36.2 Å². The summed E-state index contributed by atoms with van der Waals surface area (Å²) in [6.07, 6.45) is 2.80. The molecule has 1 atom stereocenters. The van der Waals surface area contributed by atoms with Gasteiger partial charge in [0.2, 0.25) is 10.0 Å². The lowest BCUT2D eigenvalue weighted by Crippen LogP contribution is -2.49. The molecule has 0 aliphatic carbocycles. The molecule has 0 unspecified atom stereocenters. The minimum atomic E-state index is -3.20. The van der Waals surface area contributed by atoms with Gasteiger partial charge in [0.15, 0.2) is 0 Å². The Kier molecular flexibility index (Phi) is 5.79. The molecule has 0 bridgehead atoms. The summed E-state index contributed by atoms with van der Waals surface area (Å²) in [4.78, 5) is 12.4. The first-order chi connectivity index (χ1) is 11.4. The highest BCUT2D eigenvalue weighted by atomic mass is 32.2. The van der Waals surface area contributed by atoms with Crippen molar-refractivity contribution in [3.8, 4) is 0 Å². The maximum absolute atomic E-state index is 12.4. The molecular weight excluding hydrogens is 364 g/mol. The number of carbonyl (C=O) groups excluding carboxylic acids is 1. The molecule has 2 aliphatic rings. The van der Waals surface area contributed by atoms with Gasteiger partial charge in [-0.1, -0.05) is 12.1 Å². The molecule has 2 saturated heterocycles. The van der Waals surface area contributed by atoms with Crippen LogP contribution in [0.25, 0.3) is 0 Å². The minimum Gasteiger partial charge on any atom is -0.348 e. The van der Waals surface area contributed by atoms with Gasteiger partial charge in [-0.3, -0.25) is 4.79 Å². The van der Waals surface area contributed by atoms with Crippen LogP contribution in [-0.4, -0.2) is 55.5 Å². The Labute approximate surface area is 152 Å². The van der Waals surface area contributed by atoms with Crippen molar-refractivity contribution in [2.45, 2.75) is 23.5 Å². The van der Waals surface area contributed by atoms with Gasteiger partial charge in [0.05, 0.1) is 10.8 Å². The molecule has 2 fully saturated rings. The van der Waals surface area contributed by atoms with E-state index in [9.17, 15) is 13.2 Å². The molecule has 0 spiro atoms. The number of hydrogen-bond donors (Lipinski definition) is 1. The fourth-order valence-corrected chi connectivity index (χ4v) is 6.74. The topological polar surface area (TPSA) is 66.5 Å². The van der Waals surface area contributed by atoms with Gasteiger partial charge < -0.3 is 5.32 Å². The molecule has 5 nitrogen and oxygen atoms in total. The third-order valence-electron chi connectivity index (χ3n) is 4.26. The molecule has 132 valence electrons. The van der Waals surface area contributed by atoms with Gasteiger partial charge in [0.1, 0.15) is 0 Å². The van der Waals surface area contributed by atoms with Crippen LogP contribution in [0.5, 0.6) is 0 Å². The van der Waals surface area contributed by atoms with Gasteiger partial charge in [0.25, 0.3) is 5.91 Å². The highest BCUT2D eigenvalue weighted by molar-refractivity contribution is 8.19. The number of piperidine rings is 1. The first-order valence-corrected chi connectivity index (χ1v) is 12.0. The van der Waals surface area contributed by atoms with Crippen LogP contribution in [0.4, 0.5) is 0 Å². The predicted molar refractivity (Wildman–Crippen MR) is 101 cm³/mol. The van der Waals surface area contributed by atoms with Crippen LogP contribution >= 0.6 is 23.5 Å². The van der Waals surface area contributed by atoms with E-state index in [2.05, 4.69) is 5.32 Å². The molecule has 2 heterocycles. The Morgan fingerprint density at radius 1 is 1.21 bits per heavy atom. The quantitative estimate of drug-likeness (QED) is 0.860. The fraction of sp³-hybridized carbons (Fsp3) is 0.562. The lowest BCUT2D eigenvalue weighted by Gasteiger charge is -2.31. The van der Waals surface area contributed by atoms with Crippen molar-refractivity contribution in [3.05, 3.63) is 35.4 Å². The van der Waals surface area contributed by atoms with E-state index in [0.717, 1.165) is 12.8 Å². The smallest absolute Gasteiger partial charge is 0.251 e. The van der Waals surface area contributed by atoms with E-state index in [-0.39, 0.29) is 11.9 Å². The Bertz CT molecular complexity index is 685. The molecular formula is C16H22N2O3S3. The van der Waals surface area contributed by atoms with Crippen molar-refractivity contribution in [1.29, 1.82) is 0 Å². The molecule has 3 rings (SSSR count). The van der Waals surface area contributed by atoms with E-state index in [1.807, 2.05) is 47.8 Å². The monoisotopic (exact) mass is 386 g/mol. The average molecular weight is 387 g/mol. The summed E-state index contributed by atoms with van der Waals surface area (Å²) in [6, 6.07) is 7.65.